The number of aryl methyl sites for hydroxylation is 1. The minimum absolute atomic E-state index is 0.0269. The third-order valence-electron chi connectivity index (χ3n) is 6.43. The molecular formula is C27H19F4N5O2. The quantitative estimate of drug-likeness (QED) is 0.259. The summed E-state index contributed by atoms with van der Waals surface area (Å²) in [6, 6.07) is 15.3. The number of nitrogens with one attached hydrogen (secondary N) is 1. The lowest BCUT2D eigenvalue weighted by Crippen LogP contribution is -2.43. The number of halogens is 4. The summed E-state index contributed by atoms with van der Waals surface area (Å²) < 4.78 is 60.3. The Balaban J connectivity index is 1.68. The predicted octanol–water partition coefficient (Wildman–Crippen LogP) is 4.71. The monoisotopic (exact) mass is 521 g/mol. The summed E-state index contributed by atoms with van der Waals surface area (Å²) in [6.45, 7) is -0.273. The molecule has 0 aliphatic heterocycles. The zero-order valence-electron chi connectivity index (χ0n) is 19.8. The Hall–Kier alpha value is -4.69. The molecule has 2 heterocycles. The summed E-state index contributed by atoms with van der Waals surface area (Å²) >= 11 is 0. The van der Waals surface area contributed by atoms with Crippen LogP contribution in [0.1, 0.15) is 21.5 Å². The Bertz CT molecular complexity index is 1730. The second-order valence-electron chi connectivity index (χ2n) is 8.71. The summed E-state index contributed by atoms with van der Waals surface area (Å²) in [5.74, 6) is -1.07. The van der Waals surface area contributed by atoms with E-state index >= 15 is 0 Å². The first-order chi connectivity index (χ1) is 18.1. The van der Waals surface area contributed by atoms with Crippen LogP contribution in [0.25, 0.3) is 27.5 Å². The third kappa shape index (κ3) is 3.86. The van der Waals surface area contributed by atoms with Gasteiger partial charge in [0.15, 0.2) is 0 Å². The van der Waals surface area contributed by atoms with Gasteiger partial charge in [0.25, 0.3) is 5.91 Å². The molecular weight excluding hydrogens is 502 g/mol. The van der Waals surface area contributed by atoms with Gasteiger partial charge in [-0.1, -0.05) is 18.2 Å². The number of carbonyl (C=O) groups is 1. The minimum Gasteiger partial charge on any atom is -0.372 e. The maximum atomic E-state index is 14.7. The van der Waals surface area contributed by atoms with Gasteiger partial charge in [0.1, 0.15) is 12.4 Å². The van der Waals surface area contributed by atoms with Crippen LogP contribution in [-0.4, -0.2) is 38.1 Å². The van der Waals surface area contributed by atoms with Crippen molar-refractivity contribution in [1.29, 1.82) is 5.26 Å². The summed E-state index contributed by atoms with van der Waals surface area (Å²) in [5.41, 5.74) is -3.13. The zero-order valence-corrected chi connectivity index (χ0v) is 19.8. The van der Waals surface area contributed by atoms with Crippen molar-refractivity contribution in [3.8, 4) is 11.8 Å². The first-order valence-corrected chi connectivity index (χ1v) is 11.3. The molecule has 192 valence electrons. The Kier molecular flexibility index (Phi) is 5.92. The highest BCUT2D eigenvalue weighted by Gasteiger charge is 2.57. The fraction of sp³-hybridized carbons (Fsp3) is 0.148. The Morgan fingerprint density at radius 1 is 1.13 bits per heavy atom. The number of carbonyl (C=O) groups excluding carboxylic acids is 1. The highest BCUT2D eigenvalue weighted by molar-refractivity contribution is 6.07. The molecule has 0 aliphatic carbocycles. The van der Waals surface area contributed by atoms with Crippen molar-refractivity contribution in [3.63, 3.8) is 0 Å². The van der Waals surface area contributed by atoms with E-state index in [4.69, 9.17) is 5.26 Å². The average molecular weight is 521 g/mol. The molecule has 0 saturated heterocycles. The first-order valence-electron chi connectivity index (χ1n) is 11.3. The number of fused-ring (bicyclic) bond motifs is 2. The number of hydrogen-bond donors (Lipinski definition) is 2. The molecule has 1 amide bonds. The van der Waals surface area contributed by atoms with E-state index in [0.717, 1.165) is 6.20 Å². The molecule has 0 bridgehead atoms. The van der Waals surface area contributed by atoms with Crippen molar-refractivity contribution in [3.05, 3.63) is 95.6 Å². The van der Waals surface area contributed by atoms with Gasteiger partial charge < -0.3 is 15.0 Å². The number of benzene rings is 3. The molecule has 38 heavy (non-hydrogen) atoms. The molecule has 5 aromatic rings. The second kappa shape index (κ2) is 9.00. The number of nitriles is 1. The Morgan fingerprint density at radius 2 is 1.87 bits per heavy atom. The lowest BCUT2D eigenvalue weighted by atomic mass is 9.84. The maximum Gasteiger partial charge on any atom is 0.425 e. The molecule has 2 aromatic heterocycles. The molecule has 0 radical (unpaired) electrons. The molecule has 0 spiro atoms. The number of nitrogens with zero attached hydrogens (tertiary/aromatic N) is 4. The number of aliphatic hydroxyl groups is 1. The van der Waals surface area contributed by atoms with E-state index in [0.29, 0.717) is 16.6 Å². The van der Waals surface area contributed by atoms with Gasteiger partial charge in [-0.15, -0.1) is 0 Å². The van der Waals surface area contributed by atoms with Crippen molar-refractivity contribution in [2.75, 3.05) is 6.54 Å². The molecule has 3 aromatic carbocycles. The predicted molar refractivity (Wildman–Crippen MR) is 131 cm³/mol. The van der Waals surface area contributed by atoms with Crippen LogP contribution in [0.3, 0.4) is 0 Å². The average Bonchev–Trinajstić information content (AvgIpc) is 3.47. The molecule has 0 saturated carbocycles. The molecule has 1 atom stereocenters. The third-order valence-corrected chi connectivity index (χ3v) is 6.43. The number of alkyl halides is 3. The Morgan fingerprint density at radius 3 is 2.55 bits per heavy atom. The van der Waals surface area contributed by atoms with Crippen LogP contribution < -0.4 is 5.32 Å². The number of para-hydroxylation sites is 1. The van der Waals surface area contributed by atoms with Gasteiger partial charge >= 0.3 is 6.18 Å². The van der Waals surface area contributed by atoms with Crippen LogP contribution in [-0.2, 0) is 12.6 Å². The van der Waals surface area contributed by atoms with Gasteiger partial charge in [-0.3, -0.25) is 4.79 Å². The van der Waals surface area contributed by atoms with E-state index in [1.165, 1.54) is 83.2 Å². The van der Waals surface area contributed by atoms with Crippen molar-refractivity contribution >= 4 is 27.7 Å². The molecule has 5 rings (SSSR count). The normalized spacial score (nSPS) is 13.4. The minimum atomic E-state index is -5.14. The van der Waals surface area contributed by atoms with Gasteiger partial charge in [0, 0.05) is 29.6 Å². The fourth-order valence-corrected chi connectivity index (χ4v) is 4.67. The molecule has 11 heteroatoms. The van der Waals surface area contributed by atoms with E-state index in [-0.39, 0.29) is 23.0 Å². The van der Waals surface area contributed by atoms with Crippen LogP contribution in [0.5, 0.6) is 0 Å². The number of amides is 1. The van der Waals surface area contributed by atoms with Gasteiger partial charge in [0.2, 0.25) is 5.60 Å². The molecule has 1 unspecified atom stereocenters. The molecule has 7 nitrogen and oxygen atoms in total. The van der Waals surface area contributed by atoms with Gasteiger partial charge in [-0.2, -0.15) is 23.5 Å². The SMILES string of the molecule is Cn1cc(C(O)(c2ccc3c(cnn3-c3ccc(F)cc3)c2)C(F)(F)F)c2cccc(C(=O)NCC#N)c21. The zero-order chi connectivity index (χ0) is 27.2. The van der Waals surface area contributed by atoms with Crippen molar-refractivity contribution < 1.29 is 27.5 Å². The van der Waals surface area contributed by atoms with Crippen LogP contribution in [0.2, 0.25) is 0 Å². The smallest absolute Gasteiger partial charge is 0.372 e. The summed E-state index contributed by atoms with van der Waals surface area (Å²) in [6.07, 6.45) is -2.63. The van der Waals surface area contributed by atoms with Crippen LogP contribution in [0.15, 0.2) is 73.1 Å². The highest BCUT2D eigenvalue weighted by Crippen LogP contribution is 2.47. The van der Waals surface area contributed by atoms with Crippen molar-refractivity contribution in [2.45, 2.75) is 11.8 Å². The lowest BCUT2D eigenvalue weighted by Gasteiger charge is -2.31. The fourth-order valence-electron chi connectivity index (χ4n) is 4.67. The number of aromatic nitrogens is 3. The largest absolute Gasteiger partial charge is 0.425 e. The van der Waals surface area contributed by atoms with Crippen molar-refractivity contribution in [1.82, 2.24) is 19.7 Å². The van der Waals surface area contributed by atoms with Gasteiger partial charge in [-0.25, -0.2) is 9.07 Å². The van der Waals surface area contributed by atoms with E-state index < -0.39 is 34.6 Å². The first kappa shape index (κ1) is 25.0. The summed E-state index contributed by atoms with van der Waals surface area (Å²) in [4.78, 5) is 12.6. The van der Waals surface area contributed by atoms with Gasteiger partial charge in [0.05, 0.1) is 34.6 Å². The standard InChI is InChI=1S/C27H19F4N5O2/c1-35-15-22(20-3-2-4-21(24(20)35)25(37)33-12-11-32)26(38,27(29,30)31)17-5-10-23-16(13-17)14-34-36(23)19-8-6-18(28)7-9-19/h2-10,13-15,38H,12H2,1H3,(H,33,37). The van der Waals surface area contributed by atoms with Gasteiger partial charge in [-0.05, 0) is 48.0 Å². The maximum absolute atomic E-state index is 14.7. The van der Waals surface area contributed by atoms with E-state index in [9.17, 15) is 27.5 Å². The lowest BCUT2D eigenvalue weighted by molar-refractivity contribution is -0.247. The van der Waals surface area contributed by atoms with Crippen LogP contribution in [0, 0.1) is 17.1 Å². The van der Waals surface area contributed by atoms with Crippen molar-refractivity contribution in [2.24, 2.45) is 7.05 Å². The summed E-state index contributed by atoms with van der Waals surface area (Å²) in [7, 11) is 1.47. The van der Waals surface area contributed by atoms with E-state index in [1.54, 1.807) is 6.07 Å². The van der Waals surface area contributed by atoms with E-state index in [2.05, 4.69) is 10.4 Å². The number of hydrogen-bond acceptors (Lipinski definition) is 4. The second-order valence-corrected chi connectivity index (χ2v) is 8.71. The number of rotatable bonds is 5. The van der Waals surface area contributed by atoms with E-state index in [1.807, 2.05) is 0 Å². The molecule has 2 N–H and O–H groups in total. The van der Waals surface area contributed by atoms with Crippen LogP contribution >= 0.6 is 0 Å². The van der Waals surface area contributed by atoms with Crippen LogP contribution in [0.4, 0.5) is 17.6 Å². The topological polar surface area (TPSA) is 95.9 Å². The molecule has 0 aliphatic rings. The summed E-state index contributed by atoms with van der Waals surface area (Å²) in [5, 5.41) is 27.2. The molecule has 0 fully saturated rings. The highest BCUT2D eigenvalue weighted by atomic mass is 19.4. The Labute approximate surface area is 213 Å².